The first kappa shape index (κ1) is 39.1. The molecular weight excluding hydrogens is 801 g/mol. The van der Waals surface area contributed by atoms with E-state index < -0.39 is 0 Å². The topological polar surface area (TPSA) is 276 Å². The summed E-state index contributed by atoms with van der Waals surface area (Å²) in [5.74, 6) is 1.47. The number of H-pyrrole nitrogens is 2. The number of nitrogens with zero attached hydrogens (tertiary/aromatic N) is 14. The lowest BCUT2D eigenvalue weighted by Gasteiger charge is -2.30. The monoisotopic (exact) mass is 836 g/mol. The van der Waals surface area contributed by atoms with Gasteiger partial charge in [-0.2, -0.15) is 20.7 Å². The Morgan fingerprint density at radius 3 is 1.45 bits per heavy atom. The van der Waals surface area contributed by atoms with E-state index in [1.807, 2.05) is 12.1 Å². The third kappa shape index (κ3) is 7.19. The smallest absolute Gasteiger partial charge is 0.276 e. The maximum absolute atomic E-state index is 13.1. The van der Waals surface area contributed by atoms with Gasteiger partial charge in [-0.05, 0) is 63.8 Å². The van der Waals surface area contributed by atoms with Gasteiger partial charge in [0.25, 0.3) is 22.9 Å². The Morgan fingerprint density at radius 2 is 1.08 bits per heavy atom. The van der Waals surface area contributed by atoms with E-state index in [0.717, 1.165) is 0 Å². The second-order valence-corrected chi connectivity index (χ2v) is 14.8. The van der Waals surface area contributed by atoms with Gasteiger partial charge in [0.2, 0.25) is 11.9 Å². The fraction of sp³-hybridized carbons (Fsp3) is 0.300. The Morgan fingerprint density at radius 1 is 0.677 bits per heavy atom. The molecule has 0 aliphatic carbocycles. The number of piperidine rings is 2. The highest BCUT2D eigenvalue weighted by molar-refractivity contribution is 5.95. The summed E-state index contributed by atoms with van der Waals surface area (Å²) in [5, 5.41) is 35.1. The van der Waals surface area contributed by atoms with Crippen LogP contribution in [-0.4, -0.2) is 107 Å². The minimum Gasteiger partial charge on any atom is -0.447 e. The lowest BCUT2D eigenvalue weighted by Crippen LogP contribution is -2.38. The van der Waals surface area contributed by atoms with Crippen LogP contribution in [0.15, 0.2) is 80.0 Å². The molecule has 10 rings (SSSR count). The average Bonchev–Trinajstić information content (AvgIpc) is 4.16. The third-order valence-electron chi connectivity index (χ3n) is 11.2. The molecule has 0 saturated carbocycles. The van der Waals surface area contributed by atoms with Crippen LogP contribution in [0.1, 0.15) is 92.8 Å². The first-order chi connectivity index (χ1) is 30.1. The molecular formula is C40H36N16O6. The van der Waals surface area contributed by atoms with Crippen molar-refractivity contribution in [3.05, 3.63) is 128 Å². The Labute approximate surface area is 349 Å². The Kier molecular flexibility index (Phi) is 10.1. The number of likely N-dealkylation sites (tertiary alicyclic amines) is 2. The van der Waals surface area contributed by atoms with Crippen molar-refractivity contribution in [1.82, 2.24) is 68.5 Å². The molecule has 0 radical (unpaired) electrons. The molecule has 10 heterocycles. The summed E-state index contributed by atoms with van der Waals surface area (Å²) in [4.78, 5) is 67.9. The van der Waals surface area contributed by atoms with Gasteiger partial charge in [-0.3, -0.25) is 29.1 Å². The van der Waals surface area contributed by atoms with Crippen molar-refractivity contribution < 1.29 is 18.4 Å². The van der Waals surface area contributed by atoms with E-state index in [4.69, 9.17) is 19.4 Å². The van der Waals surface area contributed by atoms with Crippen molar-refractivity contribution in [3.63, 3.8) is 0 Å². The lowest BCUT2D eigenvalue weighted by molar-refractivity contribution is 0.0698. The quantitative estimate of drug-likeness (QED) is 0.244. The maximum Gasteiger partial charge on any atom is 0.276 e. The molecule has 8 aromatic rings. The van der Waals surface area contributed by atoms with Gasteiger partial charge in [-0.1, -0.05) is 0 Å². The molecule has 22 heteroatoms. The number of nitrogens with one attached hydrogen (secondary N) is 2. The van der Waals surface area contributed by atoms with Crippen molar-refractivity contribution in [1.29, 1.82) is 10.5 Å². The highest BCUT2D eigenvalue weighted by Gasteiger charge is 2.31. The summed E-state index contributed by atoms with van der Waals surface area (Å²) in [5.41, 5.74) is 2.91. The number of hydrogen-bond donors (Lipinski definition) is 2. The third-order valence-corrected chi connectivity index (χ3v) is 11.2. The molecule has 2 aliphatic heterocycles. The number of hydrogen-bond acceptors (Lipinski definition) is 14. The number of oxazole rings is 2. The van der Waals surface area contributed by atoms with Crippen LogP contribution < -0.4 is 11.1 Å². The fourth-order valence-corrected chi connectivity index (χ4v) is 7.77. The van der Waals surface area contributed by atoms with E-state index in [-0.39, 0.29) is 58.1 Å². The van der Waals surface area contributed by atoms with Crippen LogP contribution in [0.5, 0.6) is 0 Å². The molecule has 2 fully saturated rings. The van der Waals surface area contributed by atoms with Gasteiger partial charge in [0.15, 0.2) is 23.2 Å². The number of aromatic amines is 2. The van der Waals surface area contributed by atoms with Crippen LogP contribution in [0, 0.1) is 36.5 Å². The van der Waals surface area contributed by atoms with Crippen molar-refractivity contribution in [3.8, 4) is 24.0 Å². The van der Waals surface area contributed by atoms with E-state index in [1.54, 1.807) is 60.3 Å². The molecule has 312 valence electrons. The molecule has 0 bridgehead atoms. The van der Waals surface area contributed by atoms with Crippen molar-refractivity contribution in [2.45, 2.75) is 51.4 Å². The molecule has 8 aromatic heterocycles. The van der Waals surface area contributed by atoms with E-state index in [0.29, 0.717) is 97.2 Å². The van der Waals surface area contributed by atoms with Gasteiger partial charge in [0.05, 0.1) is 34.9 Å². The van der Waals surface area contributed by atoms with Gasteiger partial charge in [0, 0.05) is 50.4 Å². The number of fused-ring (bicyclic) bond motifs is 2. The van der Waals surface area contributed by atoms with Crippen molar-refractivity contribution >= 4 is 22.8 Å². The highest BCUT2D eigenvalue weighted by atomic mass is 16.3. The summed E-state index contributed by atoms with van der Waals surface area (Å²) < 4.78 is 16.6. The molecule has 0 spiro atoms. The maximum atomic E-state index is 13.1. The summed E-state index contributed by atoms with van der Waals surface area (Å²) in [7, 11) is 0. The summed E-state index contributed by atoms with van der Waals surface area (Å²) in [6.45, 7) is 5.71. The summed E-state index contributed by atoms with van der Waals surface area (Å²) in [6, 6.07) is 10.7. The molecule has 62 heavy (non-hydrogen) atoms. The average molecular weight is 837 g/mol. The van der Waals surface area contributed by atoms with E-state index in [2.05, 4.69) is 40.3 Å². The molecule has 0 atom stereocenters. The Balaban J connectivity index is 0.000000158. The molecule has 2 amide bonds. The Bertz CT molecular complexity index is 2970. The van der Waals surface area contributed by atoms with Gasteiger partial charge in [-0.15, -0.1) is 10.2 Å². The zero-order chi connectivity index (χ0) is 43.1. The second-order valence-electron chi connectivity index (χ2n) is 14.8. The number of nitriles is 2. The minimum absolute atomic E-state index is 0.0811. The van der Waals surface area contributed by atoms with Crippen LogP contribution in [0.25, 0.3) is 22.9 Å². The van der Waals surface area contributed by atoms with Gasteiger partial charge in [0.1, 0.15) is 35.7 Å². The van der Waals surface area contributed by atoms with Crippen LogP contribution in [0.2, 0.25) is 0 Å². The van der Waals surface area contributed by atoms with Gasteiger partial charge >= 0.3 is 0 Å². The predicted octanol–water partition coefficient (Wildman–Crippen LogP) is 2.79. The second kappa shape index (κ2) is 16.0. The zero-order valence-electron chi connectivity index (χ0n) is 33.3. The van der Waals surface area contributed by atoms with Crippen LogP contribution in [0.4, 0.5) is 0 Å². The SMILES string of the molecule is Cc1c(C(=O)N2CCC(c3nc(C#N)co3)CC2)cnn1-c1nn2cccc2c(=O)[nH]1.Cc1c(C(=O)N2CCC(c3nc(C#N)co3)CC2)cnn1-c1nn2cccc2c(=O)[nH]1. The number of amides is 2. The molecule has 2 N–H and O–H groups in total. The number of rotatable bonds is 6. The van der Waals surface area contributed by atoms with E-state index in [1.165, 1.54) is 43.3 Å². The van der Waals surface area contributed by atoms with Crippen molar-refractivity contribution in [2.75, 3.05) is 26.2 Å². The highest BCUT2D eigenvalue weighted by Crippen LogP contribution is 2.30. The van der Waals surface area contributed by atoms with Gasteiger partial charge < -0.3 is 18.6 Å². The van der Waals surface area contributed by atoms with Crippen LogP contribution in [0.3, 0.4) is 0 Å². The van der Waals surface area contributed by atoms with Crippen LogP contribution in [-0.2, 0) is 0 Å². The fourth-order valence-electron chi connectivity index (χ4n) is 7.77. The standard InChI is InChI=1S/2C20H18N8O3/c2*1-12-15(10-22-28(12)20-24-17(29)16-3-2-6-27(16)25-20)19(30)26-7-4-13(5-8-26)18-23-14(9-21)11-31-18/h2*2-3,6,10-11,13H,4-5,7-8H2,1H3,(H,24,25,29). The molecule has 22 nitrogen and oxygen atoms in total. The molecule has 0 unspecified atom stereocenters. The largest absolute Gasteiger partial charge is 0.447 e. The zero-order valence-corrected chi connectivity index (χ0v) is 33.3. The number of aromatic nitrogens is 12. The van der Waals surface area contributed by atoms with Gasteiger partial charge in [-0.25, -0.2) is 28.4 Å². The van der Waals surface area contributed by atoms with E-state index in [9.17, 15) is 19.2 Å². The number of carbonyl (C=O) groups excluding carboxylic acids is 2. The summed E-state index contributed by atoms with van der Waals surface area (Å²) >= 11 is 0. The predicted molar refractivity (Wildman–Crippen MR) is 214 cm³/mol. The number of carbonyl (C=O) groups is 2. The lowest BCUT2D eigenvalue weighted by atomic mass is 9.96. The molecule has 0 aromatic carbocycles. The summed E-state index contributed by atoms with van der Waals surface area (Å²) in [6.07, 6.45) is 11.9. The van der Waals surface area contributed by atoms with E-state index >= 15 is 0 Å². The first-order valence-electron chi connectivity index (χ1n) is 19.6. The normalized spacial score (nSPS) is 14.8. The van der Waals surface area contributed by atoms with Crippen LogP contribution >= 0.6 is 0 Å². The Hall–Kier alpha value is -8.40. The molecule has 2 saturated heterocycles. The van der Waals surface area contributed by atoms with Crippen molar-refractivity contribution in [2.24, 2.45) is 0 Å². The first-order valence-corrected chi connectivity index (χ1v) is 19.6. The molecule has 2 aliphatic rings. The minimum atomic E-state index is -0.286.